The number of nitrogens with two attached hydrogens (primary N) is 1. The Hall–Kier alpha value is -0.440. The van der Waals surface area contributed by atoms with Gasteiger partial charge in [0.05, 0.1) is 0 Å². The fourth-order valence-electron chi connectivity index (χ4n) is 1.10. The van der Waals surface area contributed by atoms with Crippen LogP contribution in [0.1, 0.15) is 11.6 Å². The Bertz CT molecular complexity index is 376. The number of benzene rings is 1. The summed E-state index contributed by atoms with van der Waals surface area (Å²) >= 11 is 1.66. The molecule has 2 N–H and O–H groups in total. The summed E-state index contributed by atoms with van der Waals surface area (Å²) in [6.07, 6.45) is -5.65. The minimum atomic E-state index is -5.65. The van der Waals surface area contributed by atoms with E-state index in [1.807, 2.05) is 0 Å². The zero-order chi connectivity index (χ0) is 12.6. The summed E-state index contributed by atoms with van der Waals surface area (Å²) < 4.78 is 62.4. The zero-order valence-electron chi connectivity index (χ0n) is 7.73. The Labute approximate surface area is 102 Å². The zero-order valence-corrected chi connectivity index (χ0v) is 9.89. The summed E-state index contributed by atoms with van der Waals surface area (Å²) in [5.41, 5.74) is 4.77. The summed E-state index contributed by atoms with van der Waals surface area (Å²) in [6, 6.07) is 3.09. The van der Waals surface area contributed by atoms with Crippen molar-refractivity contribution in [1.29, 1.82) is 0 Å². The first-order chi connectivity index (χ1) is 7.18. The van der Waals surface area contributed by atoms with E-state index >= 15 is 0 Å². The molecule has 0 bridgehead atoms. The molecule has 1 atom stereocenters. The second kappa shape index (κ2) is 4.44. The average Bonchev–Trinajstić information content (AvgIpc) is 2.15. The molecule has 0 amide bonds. The number of hydrogen-bond acceptors (Lipinski definition) is 1. The first-order valence-corrected chi connectivity index (χ1v) is 5.20. The SMILES string of the molecule is N[C@H](c1ccccc1I)C(F)(F)C(F)(F)F. The van der Waals surface area contributed by atoms with E-state index in [4.69, 9.17) is 5.73 Å². The second-order valence-corrected chi connectivity index (χ2v) is 4.28. The van der Waals surface area contributed by atoms with Crippen LogP contribution in [-0.2, 0) is 0 Å². The maximum absolute atomic E-state index is 12.9. The van der Waals surface area contributed by atoms with Gasteiger partial charge in [-0.15, -0.1) is 0 Å². The van der Waals surface area contributed by atoms with E-state index in [0.29, 0.717) is 0 Å². The number of halogens is 6. The van der Waals surface area contributed by atoms with E-state index in [1.165, 1.54) is 18.2 Å². The molecule has 1 aromatic carbocycles. The van der Waals surface area contributed by atoms with Crippen LogP contribution < -0.4 is 5.73 Å². The van der Waals surface area contributed by atoms with Gasteiger partial charge in [-0.1, -0.05) is 18.2 Å². The first-order valence-electron chi connectivity index (χ1n) is 4.12. The smallest absolute Gasteiger partial charge is 0.319 e. The van der Waals surface area contributed by atoms with Gasteiger partial charge in [-0.3, -0.25) is 0 Å². The molecule has 1 aromatic rings. The molecule has 0 fully saturated rings. The van der Waals surface area contributed by atoms with Gasteiger partial charge in [-0.25, -0.2) is 0 Å². The van der Waals surface area contributed by atoms with E-state index in [0.717, 1.165) is 6.07 Å². The van der Waals surface area contributed by atoms with Crippen LogP contribution in [0, 0.1) is 3.57 Å². The van der Waals surface area contributed by atoms with Gasteiger partial charge >= 0.3 is 12.1 Å². The molecule has 0 heterocycles. The van der Waals surface area contributed by atoms with Crippen molar-refractivity contribution in [2.24, 2.45) is 5.73 Å². The quantitative estimate of drug-likeness (QED) is 0.641. The molecule has 90 valence electrons. The van der Waals surface area contributed by atoms with Gasteiger partial charge in [0.15, 0.2) is 0 Å². The summed E-state index contributed by atoms with van der Waals surface area (Å²) in [5.74, 6) is -4.94. The molecule has 0 aliphatic heterocycles. The van der Waals surface area contributed by atoms with E-state index in [1.54, 1.807) is 22.6 Å². The highest BCUT2D eigenvalue weighted by Crippen LogP contribution is 2.43. The highest BCUT2D eigenvalue weighted by molar-refractivity contribution is 14.1. The molecule has 0 saturated heterocycles. The highest BCUT2D eigenvalue weighted by atomic mass is 127. The van der Waals surface area contributed by atoms with Gasteiger partial charge in [-0.2, -0.15) is 22.0 Å². The minimum absolute atomic E-state index is 0.217. The van der Waals surface area contributed by atoms with E-state index in [2.05, 4.69) is 0 Å². The van der Waals surface area contributed by atoms with Crippen molar-refractivity contribution >= 4 is 22.6 Å². The molecule has 0 radical (unpaired) electrons. The third kappa shape index (κ3) is 2.45. The fraction of sp³-hybridized carbons (Fsp3) is 0.333. The molecule has 0 unspecified atom stereocenters. The van der Waals surface area contributed by atoms with Crippen LogP contribution in [0.3, 0.4) is 0 Å². The largest absolute Gasteiger partial charge is 0.455 e. The molecule has 0 spiro atoms. The standard InChI is InChI=1S/C9H7F5IN/c10-8(11,9(12,13)14)7(16)5-3-1-2-4-6(5)15/h1-4,7H,16H2/t7-/m1/s1. The molecule has 0 aliphatic carbocycles. The predicted molar refractivity (Wildman–Crippen MR) is 57.1 cm³/mol. The average molecular weight is 351 g/mol. The molecule has 0 saturated carbocycles. The van der Waals surface area contributed by atoms with Gasteiger partial charge in [0, 0.05) is 3.57 Å². The third-order valence-electron chi connectivity index (χ3n) is 2.01. The van der Waals surface area contributed by atoms with Crippen LogP contribution in [0.25, 0.3) is 0 Å². The molecule has 0 aromatic heterocycles. The maximum atomic E-state index is 12.9. The maximum Gasteiger partial charge on any atom is 0.455 e. The van der Waals surface area contributed by atoms with Crippen LogP contribution in [0.4, 0.5) is 22.0 Å². The minimum Gasteiger partial charge on any atom is -0.319 e. The third-order valence-corrected chi connectivity index (χ3v) is 2.99. The molecular weight excluding hydrogens is 344 g/mol. The summed E-state index contributed by atoms with van der Waals surface area (Å²) in [5, 5.41) is 0. The Morgan fingerprint density at radius 2 is 1.56 bits per heavy atom. The van der Waals surface area contributed by atoms with Gasteiger partial charge < -0.3 is 5.73 Å². The van der Waals surface area contributed by atoms with Crippen molar-refractivity contribution in [3.05, 3.63) is 33.4 Å². The summed E-state index contributed by atoms with van der Waals surface area (Å²) in [7, 11) is 0. The second-order valence-electron chi connectivity index (χ2n) is 3.12. The molecule has 16 heavy (non-hydrogen) atoms. The van der Waals surface area contributed by atoms with Crippen molar-refractivity contribution in [2.75, 3.05) is 0 Å². The predicted octanol–water partition coefficient (Wildman–Crippen LogP) is 3.49. The Morgan fingerprint density at radius 1 is 1.06 bits per heavy atom. The lowest BCUT2D eigenvalue weighted by Gasteiger charge is -2.26. The van der Waals surface area contributed by atoms with Gasteiger partial charge in [0.2, 0.25) is 0 Å². The monoisotopic (exact) mass is 351 g/mol. The first kappa shape index (κ1) is 13.6. The molecular formula is C9H7F5IN. The molecule has 1 nitrogen and oxygen atoms in total. The number of rotatable bonds is 2. The Kier molecular flexibility index (Phi) is 3.78. The van der Waals surface area contributed by atoms with Crippen LogP contribution in [-0.4, -0.2) is 12.1 Å². The van der Waals surface area contributed by atoms with Crippen molar-refractivity contribution in [3.63, 3.8) is 0 Å². The van der Waals surface area contributed by atoms with E-state index < -0.39 is 18.1 Å². The van der Waals surface area contributed by atoms with Crippen molar-refractivity contribution in [1.82, 2.24) is 0 Å². The fourth-order valence-corrected chi connectivity index (χ4v) is 1.82. The van der Waals surface area contributed by atoms with Gasteiger partial charge in [0.25, 0.3) is 0 Å². The molecule has 7 heteroatoms. The number of alkyl halides is 5. The highest BCUT2D eigenvalue weighted by Gasteiger charge is 2.61. The number of hydrogen-bond donors (Lipinski definition) is 1. The van der Waals surface area contributed by atoms with Crippen LogP contribution in [0.5, 0.6) is 0 Å². The lowest BCUT2D eigenvalue weighted by atomic mass is 10.0. The lowest BCUT2D eigenvalue weighted by molar-refractivity contribution is -0.291. The Morgan fingerprint density at radius 3 is 2.00 bits per heavy atom. The van der Waals surface area contributed by atoms with E-state index in [9.17, 15) is 22.0 Å². The van der Waals surface area contributed by atoms with E-state index in [-0.39, 0.29) is 9.13 Å². The Balaban J connectivity index is 3.12. The van der Waals surface area contributed by atoms with Crippen molar-refractivity contribution in [2.45, 2.75) is 18.1 Å². The molecule has 0 aliphatic rings. The molecule has 1 rings (SSSR count). The van der Waals surface area contributed by atoms with Crippen molar-refractivity contribution < 1.29 is 22.0 Å². The topological polar surface area (TPSA) is 26.0 Å². The summed E-state index contributed by atoms with van der Waals surface area (Å²) in [6.45, 7) is 0. The van der Waals surface area contributed by atoms with Crippen LogP contribution >= 0.6 is 22.6 Å². The normalized spacial score (nSPS) is 14.9. The van der Waals surface area contributed by atoms with Gasteiger partial charge in [0.1, 0.15) is 6.04 Å². The lowest BCUT2D eigenvalue weighted by Crippen LogP contribution is -2.46. The van der Waals surface area contributed by atoms with Crippen LogP contribution in [0.2, 0.25) is 0 Å². The van der Waals surface area contributed by atoms with Gasteiger partial charge in [-0.05, 0) is 34.2 Å². The summed E-state index contributed by atoms with van der Waals surface area (Å²) in [4.78, 5) is 0. The van der Waals surface area contributed by atoms with Crippen molar-refractivity contribution in [3.8, 4) is 0 Å². The van der Waals surface area contributed by atoms with Crippen LogP contribution in [0.15, 0.2) is 24.3 Å².